The van der Waals surface area contributed by atoms with Crippen molar-refractivity contribution in [1.29, 1.82) is 0 Å². The third kappa shape index (κ3) is 5.71. The van der Waals surface area contributed by atoms with Gasteiger partial charge in [0.1, 0.15) is 5.75 Å². The van der Waals surface area contributed by atoms with Crippen molar-refractivity contribution < 1.29 is 9.53 Å². The highest BCUT2D eigenvalue weighted by Gasteiger charge is 2.12. The first-order chi connectivity index (χ1) is 11.9. The van der Waals surface area contributed by atoms with Gasteiger partial charge in [-0.2, -0.15) is 5.10 Å². The number of rotatable bonds is 6. The summed E-state index contributed by atoms with van der Waals surface area (Å²) in [5, 5.41) is 3.96. The monoisotopic (exact) mass is 402 g/mol. The number of amides is 1. The molecule has 0 heterocycles. The fourth-order valence-corrected chi connectivity index (χ4v) is 2.61. The predicted octanol–water partition coefficient (Wildman–Crippen LogP) is 4.72. The van der Waals surface area contributed by atoms with E-state index in [2.05, 4.69) is 40.3 Å². The lowest BCUT2D eigenvalue weighted by Gasteiger charge is -2.15. The van der Waals surface area contributed by atoms with Gasteiger partial charge in [-0.15, -0.1) is 0 Å². The molecule has 0 aliphatic rings. The molecule has 2 rings (SSSR count). The number of carbonyl (C=O) groups excluding carboxylic acids is 1. The maximum Gasteiger partial charge on any atom is 0.277 e. The maximum absolute atomic E-state index is 11.9. The van der Waals surface area contributed by atoms with Crippen molar-refractivity contribution in [3.05, 3.63) is 63.1 Å². The third-order valence-electron chi connectivity index (χ3n) is 3.75. The van der Waals surface area contributed by atoms with Gasteiger partial charge in [0.25, 0.3) is 5.91 Å². The van der Waals surface area contributed by atoms with Crippen LogP contribution in [0.2, 0.25) is 0 Å². The number of benzene rings is 2. The lowest BCUT2D eigenvalue weighted by molar-refractivity contribution is -0.123. The van der Waals surface area contributed by atoms with Crippen LogP contribution in [0.1, 0.15) is 42.0 Å². The summed E-state index contributed by atoms with van der Waals surface area (Å²) in [4.78, 5) is 11.9. The fourth-order valence-electron chi connectivity index (χ4n) is 2.25. The van der Waals surface area contributed by atoms with E-state index >= 15 is 0 Å². The molecule has 2 aromatic carbocycles. The Bertz CT molecular complexity index is 768. The van der Waals surface area contributed by atoms with Crippen LogP contribution in [0.3, 0.4) is 0 Å². The van der Waals surface area contributed by atoms with Crippen LogP contribution in [0, 0.1) is 13.8 Å². The Hall–Kier alpha value is -2.14. The van der Waals surface area contributed by atoms with Crippen molar-refractivity contribution in [3.63, 3.8) is 0 Å². The number of hydrogen-bond donors (Lipinski definition) is 1. The molecule has 1 amide bonds. The molecule has 2 aromatic rings. The average molecular weight is 403 g/mol. The molecule has 0 aliphatic carbocycles. The number of nitrogens with zero attached hydrogens (tertiary/aromatic N) is 1. The van der Waals surface area contributed by atoms with Gasteiger partial charge in [0.2, 0.25) is 0 Å². The van der Waals surface area contributed by atoms with E-state index in [9.17, 15) is 4.79 Å². The highest BCUT2D eigenvalue weighted by molar-refractivity contribution is 9.10. The summed E-state index contributed by atoms with van der Waals surface area (Å²) in [5.74, 6) is 0.738. The van der Waals surface area contributed by atoms with Crippen LogP contribution in [-0.4, -0.2) is 18.7 Å². The quantitative estimate of drug-likeness (QED) is 0.561. The number of hydrogen-bond acceptors (Lipinski definition) is 3. The minimum atomic E-state index is -0.293. The van der Waals surface area contributed by atoms with E-state index in [-0.39, 0.29) is 12.5 Å². The van der Waals surface area contributed by atoms with Crippen molar-refractivity contribution in [2.45, 2.75) is 33.6 Å². The highest BCUT2D eigenvalue weighted by Crippen LogP contribution is 2.32. The zero-order valence-electron chi connectivity index (χ0n) is 15.0. The lowest BCUT2D eigenvalue weighted by Crippen LogP contribution is -2.25. The number of nitrogens with one attached hydrogen (secondary N) is 1. The van der Waals surface area contributed by atoms with Crippen molar-refractivity contribution in [1.82, 2.24) is 5.43 Å². The molecule has 4 nitrogen and oxygen atoms in total. The van der Waals surface area contributed by atoms with Crippen LogP contribution in [0.15, 0.2) is 46.0 Å². The Morgan fingerprint density at radius 2 is 1.92 bits per heavy atom. The normalized spacial score (nSPS) is 11.1. The van der Waals surface area contributed by atoms with Gasteiger partial charge >= 0.3 is 0 Å². The van der Waals surface area contributed by atoms with Crippen molar-refractivity contribution in [2.75, 3.05) is 6.61 Å². The van der Waals surface area contributed by atoms with Crippen LogP contribution in [0.25, 0.3) is 0 Å². The number of hydrazone groups is 1. The van der Waals surface area contributed by atoms with E-state index in [1.165, 1.54) is 5.56 Å². The van der Waals surface area contributed by atoms with E-state index in [1.54, 1.807) is 6.21 Å². The average Bonchev–Trinajstić information content (AvgIpc) is 2.57. The molecular weight excluding hydrogens is 380 g/mol. The molecule has 0 spiro atoms. The molecular formula is C20H23BrN2O2. The molecule has 1 N–H and O–H groups in total. The van der Waals surface area contributed by atoms with Gasteiger partial charge in [-0.05, 0) is 48.6 Å². The Kier molecular flexibility index (Phi) is 6.76. The maximum atomic E-state index is 11.9. The molecule has 0 saturated carbocycles. The first kappa shape index (κ1) is 19.2. The van der Waals surface area contributed by atoms with Crippen LogP contribution < -0.4 is 10.2 Å². The largest absolute Gasteiger partial charge is 0.483 e. The lowest BCUT2D eigenvalue weighted by atomic mass is 10.0. The van der Waals surface area contributed by atoms with Gasteiger partial charge in [-0.25, -0.2) is 5.43 Å². The van der Waals surface area contributed by atoms with Crippen molar-refractivity contribution in [3.8, 4) is 5.75 Å². The Morgan fingerprint density at radius 3 is 2.56 bits per heavy atom. The van der Waals surface area contributed by atoms with Crippen molar-refractivity contribution in [2.24, 2.45) is 5.10 Å². The summed E-state index contributed by atoms with van der Waals surface area (Å²) in [6.45, 7) is 8.13. The first-order valence-electron chi connectivity index (χ1n) is 8.18. The smallest absolute Gasteiger partial charge is 0.277 e. The minimum Gasteiger partial charge on any atom is -0.483 e. The van der Waals surface area contributed by atoms with Gasteiger partial charge in [-0.3, -0.25) is 4.79 Å². The van der Waals surface area contributed by atoms with Gasteiger partial charge in [-0.1, -0.05) is 59.6 Å². The summed E-state index contributed by atoms with van der Waals surface area (Å²) >= 11 is 3.54. The summed E-state index contributed by atoms with van der Waals surface area (Å²) in [6, 6.07) is 11.9. The van der Waals surface area contributed by atoms with Gasteiger partial charge in [0, 0.05) is 4.47 Å². The molecule has 132 valence electrons. The topological polar surface area (TPSA) is 50.7 Å². The zero-order valence-corrected chi connectivity index (χ0v) is 16.6. The van der Waals surface area contributed by atoms with Gasteiger partial charge < -0.3 is 4.74 Å². The van der Waals surface area contributed by atoms with E-state index in [1.807, 2.05) is 50.2 Å². The SMILES string of the molecule is Cc1ccc(/C=N/NC(=O)COc2cc(C)c(Br)cc2C(C)C)cc1. The van der Waals surface area contributed by atoms with Gasteiger partial charge in [0.15, 0.2) is 6.61 Å². The number of carbonyl (C=O) groups is 1. The summed E-state index contributed by atoms with van der Waals surface area (Å²) in [6.07, 6.45) is 1.61. The molecule has 0 fully saturated rings. The molecule has 25 heavy (non-hydrogen) atoms. The second kappa shape index (κ2) is 8.81. The third-order valence-corrected chi connectivity index (χ3v) is 4.61. The summed E-state index contributed by atoms with van der Waals surface area (Å²) < 4.78 is 6.75. The molecule has 0 atom stereocenters. The van der Waals surface area contributed by atoms with Crippen LogP contribution in [0.4, 0.5) is 0 Å². The molecule has 0 radical (unpaired) electrons. The molecule has 0 bridgehead atoms. The van der Waals surface area contributed by atoms with Crippen LogP contribution in [0.5, 0.6) is 5.75 Å². The molecule has 0 aliphatic heterocycles. The van der Waals surface area contributed by atoms with Crippen LogP contribution in [-0.2, 0) is 4.79 Å². The molecule has 0 unspecified atom stereocenters. The number of ether oxygens (including phenoxy) is 1. The van der Waals surface area contributed by atoms with Gasteiger partial charge in [0.05, 0.1) is 6.21 Å². The predicted molar refractivity (Wildman–Crippen MR) is 105 cm³/mol. The van der Waals surface area contributed by atoms with E-state index < -0.39 is 0 Å². The second-order valence-corrected chi connectivity index (χ2v) is 7.14. The van der Waals surface area contributed by atoms with Crippen molar-refractivity contribution >= 4 is 28.1 Å². The number of halogens is 1. The first-order valence-corrected chi connectivity index (χ1v) is 8.97. The minimum absolute atomic E-state index is 0.0774. The number of aryl methyl sites for hydroxylation is 2. The highest BCUT2D eigenvalue weighted by atomic mass is 79.9. The second-order valence-electron chi connectivity index (χ2n) is 6.29. The van der Waals surface area contributed by atoms with Crippen LogP contribution >= 0.6 is 15.9 Å². The Labute approximate surface area is 157 Å². The zero-order chi connectivity index (χ0) is 18.4. The summed E-state index contributed by atoms with van der Waals surface area (Å²) in [5.41, 5.74) is 6.73. The van der Waals surface area contributed by atoms with E-state index in [0.717, 1.165) is 26.9 Å². The summed E-state index contributed by atoms with van der Waals surface area (Å²) in [7, 11) is 0. The molecule has 0 aromatic heterocycles. The Morgan fingerprint density at radius 1 is 1.24 bits per heavy atom. The van der Waals surface area contributed by atoms with E-state index in [0.29, 0.717) is 5.92 Å². The molecule has 0 saturated heterocycles. The fraction of sp³-hybridized carbons (Fsp3) is 0.300. The standard InChI is InChI=1S/C20H23BrN2O2/c1-13(2)17-10-18(21)15(4)9-19(17)25-12-20(24)23-22-11-16-7-5-14(3)6-8-16/h5-11,13H,12H2,1-4H3,(H,23,24)/b22-11+. The Balaban J connectivity index is 1.93. The molecule has 5 heteroatoms. The van der Waals surface area contributed by atoms with E-state index in [4.69, 9.17) is 4.74 Å².